The molecule has 1 aromatic rings. The van der Waals surface area contributed by atoms with Crippen molar-refractivity contribution in [3.8, 4) is 0 Å². The average molecular weight is 319 g/mol. The molecule has 126 valence electrons. The lowest BCUT2D eigenvalue weighted by Gasteiger charge is -2.33. The number of carbonyl (C=O) groups is 2. The number of hydrogen-bond donors (Lipinski definition) is 2. The van der Waals surface area contributed by atoms with Crippen molar-refractivity contribution in [3.05, 3.63) is 29.8 Å². The van der Waals surface area contributed by atoms with Gasteiger partial charge in [-0.3, -0.25) is 4.79 Å². The van der Waals surface area contributed by atoms with Gasteiger partial charge in [-0.25, -0.2) is 4.79 Å². The van der Waals surface area contributed by atoms with Gasteiger partial charge in [0, 0.05) is 37.5 Å². The lowest BCUT2D eigenvalue weighted by atomic mass is 10.0. The summed E-state index contributed by atoms with van der Waals surface area (Å²) in [7, 11) is 1.58. The van der Waals surface area contributed by atoms with Crippen molar-refractivity contribution in [2.45, 2.75) is 32.2 Å². The normalized spacial score (nSPS) is 17.7. The van der Waals surface area contributed by atoms with Gasteiger partial charge in [0.05, 0.1) is 6.61 Å². The number of piperidine rings is 1. The molecular weight excluding hydrogens is 294 g/mol. The topological polar surface area (TPSA) is 70.7 Å². The summed E-state index contributed by atoms with van der Waals surface area (Å²) in [6, 6.07) is 7.02. The number of ether oxygens (including phenoxy) is 1. The first-order chi connectivity index (χ1) is 11.1. The van der Waals surface area contributed by atoms with Gasteiger partial charge in [-0.2, -0.15) is 0 Å². The molecule has 1 aliphatic heterocycles. The van der Waals surface area contributed by atoms with Crippen molar-refractivity contribution in [1.82, 2.24) is 10.2 Å². The van der Waals surface area contributed by atoms with Crippen LogP contribution >= 0.6 is 0 Å². The molecule has 3 amide bonds. The Morgan fingerprint density at radius 3 is 2.65 bits per heavy atom. The van der Waals surface area contributed by atoms with E-state index >= 15 is 0 Å². The molecule has 2 N–H and O–H groups in total. The summed E-state index contributed by atoms with van der Waals surface area (Å²) in [6.07, 6.45) is 3.32. The van der Waals surface area contributed by atoms with Gasteiger partial charge in [-0.1, -0.05) is 0 Å². The van der Waals surface area contributed by atoms with Crippen molar-refractivity contribution in [2.75, 3.05) is 32.1 Å². The van der Waals surface area contributed by atoms with E-state index in [1.165, 1.54) is 6.42 Å². The molecule has 2 rings (SSSR count). The Morgan fingerprint density at radius 2 is 2.00 bits per heavy atom. The molecular formula is C17H25N3O3. The van der Waals surface area contributed by atoms with E-state index in [0.29, 0.717) is 30.4 Å². The molecule has 1 aliphatic rings. The fourth-order valence-electron chi connectivity index (χ4n) is 2.70. The van der Waals surface area contributed by atoms with Crippen LogP contribution in [0.3, 0.4) is 0 Å². The van der Waals surface area contributed by atoms with E-state index < -0.39 is 0 Å². The third kappa shape index (κ3) is 4.96. The molecule has 6 nitrogen and oxygen atoms in total. The highest BCUT2D eigenvalue weighted by atomic mass is 16.5. The Morgan fingerprint density at radius 1 is 1.26 bits per heavy atom. The van der Waals surface area contributed by atoms with Crippen LogP contribution in [-0.4, -0.2) is 49.7 Å². The van der Waals surface area contributed by atoms with Gasteiger partial charge in [-0.15, -0.1) is 0 Å². The van der Waals surface area contributed by atoms with Crippen LogP contribution in [0.1, 0.15) is 36.5 Å². The first-order valence-corrected chi connectivity index (χ1v) is 8.06. The van der Waals surface area contributed by atoms with E-state index in [1.54, 1.807) is 31.4 Å². The number of amides is 3. The van der Waals surface area contributed by atoms with Gasteiger partial charge >= 0.3 is 6.03 Å². The molecule has 0 aromatic heterocycles. The van der Waals surface area contributed by atoms with Crippen molar-refractivity contribution in [2.24, 2.45) is 0 Å². The Hall–Kier alpha value is -2.08. The smallest absolute Gasteiger partial charge is 0.319 e. The molecule has 1 atom stereocenters. The largest absolute Gasteiger partial charge is 0.383 e. The summed E-state index contributed by atoms with van der Waals surface area (Å²) >= 11 is 0. The molecule has 0 aliphatic carbocycles. The fourth-order valence-corrected chi connectivity index (χ4v) is 2.70. The standard InChI is InChI=1S/C17H25N3O3/c1-13-5-3-4-11-20(13)16(21)14-6-8-15(9-7-14)19-17(22)18-10-12-23-2/h6-9,13H,3-5,10-12H2,1-2H3,(H2,18,19,22). The zero-order valence-electron chi connectivity index (χ0n) is 13.8. The molecule has 0 radical (unpaired) electrons. The molecule has 1 unspecified atom stereocenters. The maximum Gasteiger partial charge on any atom is 0.319 e. The number of rotatable bonds is 5. The predicted molar refractivity (Wildman–Crippen MR) is 89.7 cm³/mol. The van der Waals surface area contributed by atoms with E-state index in [2.05, 4.69) is 17.6 Å². The van der Waals surface area contributed by atoms with Crippen LogP contribution in [0.2, 0.25) is 0 Å². The number of benzene rings is 1. The lowest BCUT2D eigenvalue weighted by molar-refractivity contribution is 0.0635. The highest BCUT2D eigenvalue weighted by Crippen LogP contribution is 2.20. The highest BCUT2D eigenvalue weighted by Gasteiger charge is 2.23. The van der Waals surface area contributed by atoms with Crippen molar-refractivity contribution < 1.29 is 14.3 Å². The Kier molecular flexibility index (Phi) is 6.40. The Balaban J connectivity index is 1.91. The third-order valence-electron chi connectivity index (χ3n) is 4.05. The zero-order valence-corrected chi connectivity index (χ0v) is 13.8. The molecule has 6 heteroatoms. The molecule has 0 spiro atoms. The van der Waals surface area contributed by atoms with Crippen LogP contribution in [0.15, 0.2) is 24.3 Å². The second kappa shape index (κ2) is 8.53. The monoisotopic (exact) mass is 319 g/mol. The van der Waals surface area contributed by atoms with Crippen molar-refractivity contribution in [3.63, 3.8) is 0 Å². The summed E-state index contributed by atoms with van der Waals surface area (Å²) in [5.41, 5.74) is 1.31. The quantitative estimate of drug-likeness (QED) is 0.819. The van der Waals surface area contributed by atoms with E-state index in [4.69, 9.17) is 4.74 Å². The van der Waals surface area contributed by atoms with Gasteiger partial charge in [0.15, 0.2) is 0 Å². The van der Waals surface area contributed by atoms with Crippen LogP contribution in [-0.2, 0) is 4.74 Å². The maximum atomic E-state index is 12.5. The lowest BCUT2D eigenvalue weighted by Crippen LogP contribution is -2.42. The first-order valence-electron chi connectivity index (χ1n) is 8.06. The SMILES string of the molecule is COCCNC(=O)Nc1ccc(C(=O)N2CCCCC2C)cc1. The van der Waals surface area contributed by atoms with Crippen LogP contribution in [0.4, 0.5) is 10.5 Å². The summed E-state index contributed by atoms with van der Waals surface area (Å²) in [4.78, 5) is 26.1. The summed E-state index contributed by atoms with van der Waals surface area (Å²) in [6.45, 7) is 3.83. The van der Waals surface area contributed by atoms with Gasteiger partial charge in [0.25, 0.3) is 5.91 Å². The second-order valence-electron chi connectivity index (χ2n) is 5.79. The summed E-state index contributed by atoms with van der Waals surface area (Å²) in [5, 5.41) is 5.40. The molecule has 0 saturated carbocycles. The van der Waals surface area contributed by atoms with Crippen LogP contribution in [0, 0.1) is 0 Å². The minimum absolute atomic E-state index is 0.0632. The van der Waals surface area contributed by atoms with E-state index in [1.807, 2.05) is 4.90 Å². The van der Waals surface area contributed by atoms with E-state index in [9.17, 15) is 9.59 Å². The third-order valence-corrected chi connectivity index (χ3v) is 4.05. The number of urea groups is 1. The number of carbonyl (C=O) groups excluding carboxylic acids is 2. The van der Waals surface area contributed by atoms with Gasteiger partial charge < -0.3 is 20.3 Å². The van der Waals surface area contributed by atoms with Crippen molar-refractivity contribution >= 4 is 17.6 Å². The maximum absolute atomic E-state index is 12.5. The Labute approximate surface area is 137 Å². The van der Waals surface area contributed by atoms with Gasteiger partial charge in [0.1, 0.15) is 0 Å². The molecule has 1 aromatic carbocycles. The number of methoxy groups -OCH3 is 1. The minimum atomic E-state index is -0.286. The van der Waals surface area contributed by atoms with Crippen molar-refractivity contribution in [1.29, 1.82) is 0 Å². The average Bonchev–Trinajstić information content (AvgIpc) is 2.56. The number of nitrogens with zero attached hydrogens (tertiary/aromatic N) is 1. The van der Waals surface area contributed by atoms with Crippen LogP contribution in [0.25, 0.3) is 0 Å². The summed E-state index contributed by atoms with van der Waals surface area (Å²) < 4.78 is 4.87. The van der Waals surface area contributed by atoms with Crippen LogP contribution < -0.4 is 10.6 Å². The molecule has 0 bridgehead atoms. The van der Waals surface area contributed by atoms with E-state index in [0.717, 1.165) is 19.4 Å². The number of anilines is 1. The number of nitrogens with one attached hydrogen (secondary N) is 2. The Bertz CT molecular complexity index is 530. The number of likely N-dealkylation sites (tertiary alicyclic amines) is 1. The van der Waals surface area contributed by atoms with E-state index in [-0.39, 0.29) is 11.9 Å². The van der Waals surface area contributed by atoms with Gasteiger partial charge in [-0.05, 0) is 50.5 Å². The second-order valence-corrected chi connectivity index (χ2v) is 5.79. The molecule has 1 saturated heterocycles. The van der Waals surface area contributed by atoms with Gasteiger partial charge in [0.2, 0.25) is 0 Å². The number of hydrogen-bond acceptors (Lipinski definition) is 3. The molecule has 23 heavy (non-hydrogen) atoms. The fraction of sp³-hybridized carbons (Fsp3) is 0.529. The molecule has 1 fully saturated rings. The van der Waals surface area contributed by atoms with Crippen LogP contribution in [0.5, 0.6) is 0 Å². The first kappa shape index (κ1) is 17.3. The minimum Gasteiger partial charge on any atom is -0.383 e. The predicted octanol–water partition coefficient (Wildman–Crippen LogP) is 2.47. The zero-order chi connectivity index (χ0) is 16.7. The molecule has 1 heterocycles. The summed E-state index contributed by atoms with van der Waals surface area (Å²) in [5.74, 6) is 0.0632. The highest BCUT2D eigenvalue weighted by molar-refractivity contribution is 5.95.